The summed E-state index contributed by atoms with van der Waals surface area (Å²) < 4.78 is 11.0. The molecule has 1 fully saturated rings. The summed E-state index contributed by atoms with van der Waals surface area (Å²) in [5.41, 5.74) is 1.05. The molecule has 0 aromatic heterocycles. The van der Waals surface area contributed by atoms with E-state index in [-0.39, 0.29) is 6.10 Å². The molecule has 0 saturated carbocycles. The molecule has 1 atom stereocenters. The summed E-state index contributed by atoms with van der Waals surface area (Å²) in [6, 6.07) is 5.66. The number of rotatable bonds is 5. The smallest absolute Gasteiger partial charge is 0.138 e. The molecule has 0 bridgehead atoms. The molecule has 1 aromatic carbocycles. The van der Waals surface area contributed by atoms with Crippen molar-refractivity contribution in [3.05, 3.63) is 28.8 Å². The Labute approximate surface area is 106 Å². The van der Waals surface area contributed by atoms with Gasteiger partial charge in [0.25, 0.3) is 0 Å². The van der Waals surface area contributed by atoms with Gasteiger partial charge in [-0.15, -0.1) is 0 Å². The topological polar surface area (TPSA) is 35.5 Å². The lowest BCUT2D eigenvalue weighted by Crippen LogP contribution is -2.15. The number of aryl methyl sites for hydroxylation is 1. The highest BCUT2D eigenvalue weighted by atomic mass is 35.5. The van der Waals surface area contributed by atoms with Crippen LogP contribution in [0, 0.1) is 0 Å². The van der Waals surface area contributed by atoms with Crippen molar-refractivity contribution in [2.24, 2.45) is 0 Å². The Morgan fingerprint density at radius 3 is 3.06 bits per heavy atom. The molecule has 1 saturated heterocycles. The van der Waals surface area contributed by atoms with Gasteiger partial charge in [0.1, 0.15) is 18.1 Å². The zero-order chi connectivity index (χ0) is 12.1. The van der Waals surface area contributed by atoms with Crippen LogP contribution in [-0.4, -0.2) is 25.6 Å². The Morgan fingerprint density at radius 2 is 2.41 bits per heavy atom. The van der Waals surface area contributed by atoms with Crippen LogP contribution in [0.15, 0.2) is 18.2 Å². The first-order valence-electron chi connectivity index (χ1n) is 5.76. The van der Waals surface area contributed by atoms with Crippen LogP contribution in [0.5, 0.6) is 5.75 Å². The molecule has 92 valence electrons. The van der Waals surface area contributed by atoms with Crippen LogP contribution >= 0.6 is 11.6 Å². The highest BCUT2D eigenvalue weighted by Crippen LogP contribution is 2.28. The van der Waals surface area contributed by atoms with E-state index in [0.29, 0.717) is 23.8 Å². The Bertz CT molecular complexity index is 386. The van der Waals surface area contributed by atoms with E-state index in [2.05, 4.69) is 0 Å². The second kappa shape index (κ2) is 6.03. The van der Waals surface area contributed by atoms with E-state index >= 15 is 0 Å². The minimum atomic E-state index is 0.105. The van der Waals surface area contributed by atoms with Gasteiger partial charge >= 0.3 is 0 Å². The van der Waals surface area contributed by atoms with Gasteiger partial charge in [-0.1, -0.05) is 17.7 Å². The average Bonchev–Trinajstić information content (AvgIpc) is 2.82. The average molecular weight is 255 g/mol. The van der Waals surface area contributed by atoms with Gasteiger partial charge in [0.2, 0.25) is 0 Å². The molecule has 0 spiro atoms. The van der Waals surface area contributed by atoms with E-state index in [1.165, 1.54) is 0 Å². The van der Waals surface area contributed by atoms with Crippen molar-refractivity contribution in [2.45, 2.75) is 25.4 Å². The first-order valence-corrected chi connectivity index (χ1v) is 6.14. The molecular weight excluding hydrogens is 240 g/mol. The number of hydrogen-bond donors (Lipinski definition) is 0. The zero-order valence-electron chi connectivity index (χ0n) is 9.52. The molecule has 4 heteroatoms. The summed E-state index contributed by atoms with van der Waals surface area (Å²) >= 11 is 6.13. The second-order valence-electron chi connectivity index (χ2n) is 4.07. The predicted molar refractivity (Wildman–Crippen MR) is 65.7 cm³/mol. The number of benzene rings is 1. The normalized spacial score (nSPS) is 19.2. The van der Waals surface area contributed by atoms with Gasteiger partial charge < -0.3 is 14.3 Å². The van der Waals surface area contributed by atoms with Crippen LogP contribution in [0.2, 0.25) is 5.02 Å². The van der Waals surface area contributed by atoms with Gasteiger partial charge in [0, 0.05) is 12.8 Å². The molecule has 1 aliphatic rings. The molecule has 1 unspecified atom stereocenters. The maximum absolute atomic E-state index is 10.3. The third-order valence-electron chi connectivity index (χ3n) is 2.73. The van der Waals surface area contributed by atoms with Gasteiger partial charge in [-0.05, 0) is 24.1 Å². The van der Waals surface area contributed by atoms with Crippen LogP contribution in [0.3, 0.4) is 0 Å². The first-order chi connectivity index (χ1) is 8.29. The lowest BCUT2D eigenvalue weighted by Gasteiger charge is -2.13. The third kappa shape index (κ3) is 3.45. The van der Waals surface area contributed by atoms with Gasteiger partial charge in [-0.25, -0.2) is 0 Å². The Hall–Kier alpha value is -1.06. The lowest BCUT2D eigenvalue weighted by molar-refractivity contribution is -0.107. The van der Waals surface area contributed by atoms with E-state index in [0.717, 1.165) is 31.3 Å². The van der Waals surface area contributed by atoms with Crippen LogP contribution in [0.1, 0.15) is 18.4 Å². The van der Waals surface area contributed by atoms with Crippen molar-refractivity contribution in [3.63, 3.8) is 0 Å². The van der Waals surface area contributed by atoms with Crippen LogP contribution < -0.4 is 4.74 Å². The van der Waals surface area contributed by atoms with Crippen LogP contribution in [-0.2, 0) is 16.0 Å². The number of carbonyl (C=O) groups excluding carboxylic acids is 1. The fourth-order valence-corrected chi connectivity index (χ4v) is 2.05. The fraction of sp³-hybridized carbons (Fsp3) is 0.462. The van der Waals surface area contributed by atoms with E-state index in [4.69, 9.17) is 21.1 Å². The molecule has 0 aliphatic carbocycles. The highest BCUT2D eigenvalue weighted by molar-refractivity contribution is 6.32. The number of carbonyl (C=O) groups is 1. The number of halogens is 1. The minimum Gasteiger partial charge on any atom is -0.486 e. The molecule has 1 aromatic rings. The summed E-state index contributed by atoms with van der Waals surface area (Å²) in [5, 5.41) is 0.597. The summed E-state index contributed by atoms with van der Waals surface area (Å²) in [6.45, 7) is 1.38. The summed E-state index contributed by atoms with van der Waals surface area (Å²) in [7, 11) is 0. The largest absolute Gasteiger partial charge is 0.486 e. The maximum Gasteiger partial charge on any atom is 0.138 e. The van der Waals surface area contributed by atoms with E-state index in [1.807, 2.05) is 18.2 Å². The standard InChI is InChI=1S/C13H15ClO3/c14-12-8-10(2-1-6-15)3-4-13(12)17-11-5-7-16-9-11/h3-4,6,8,11H,1-2,5,7,9H2. The molecule has 2 rings (SSSR count). The SMILES string of the molecule is O=CCCc1ccc(OC2CCOC2)c(Cl)c1. The molecule has 3 nitrogen and oxygen atoms in total. The lowest BCUT2D eigenvalue weighted by atomic mass is 10.1. The van der Waals surface area contributed by atoms with Gasteiger partial charge in [0.15, 0.2) is 0 Å². The molecule has 0 amide bonds. The molecular formula is C13H15ClO3. The van der Waals surface area contributed by atoms with E-state index in [9.17, 15) is 4.79 Å². The van der Waals surface area contributed by atoms with E-state index < -0.39 is 0 Å². The van der Waals surface area contributed by atoms with E-state index in [1.54, 1.807) is 0 Å². The predicted octanol–water partition coefficient (Wildman–Crippen LogP) is 2.64. The summed E-state index contributed by atoms with van der Waals surface area (Å²) in [5.74, 6) is 0.692. The monoisotopic (exact) mass is 254 g/mol. The molecule has 0 N–H and O–H groups in total. The minimum absolute atomic E-state index is 0.105. The molecule has 17 heavy (non-hydrogen) atoms. The quantitative estimate of drug-likeness (QED) is 0.758. The van der Waals surface area contributed by atoms with Gasteiger partial charge in [-0.3, -0.25) is 0 Å². The Morgan fingerprint density at radius 1 is 1.53 bits per heavy atom. The second-order valence-corrected chi connectivity index (χ2v) is 4.48. The maximum atomic E-state index is 10.3. The van der Waals surface area contributed by atoms with Gasteiger partial charge in [-0.2, -0.15) is 0 Å². The van der Waals surface area contributed by atoms with Crippen molar-refractivity contribution in [2.75, 3.05) is 13.2 Å². The number of aldehydes is 1. The zero-order valence-corrected chi connectivity index (χ0v) is 10.3. The van der Waals surface area contributed by atoms with Gasteiger partial charge in [0.05, 0.1) is 18.2 Å². The first kappa shape index (κ1) is 12.4. The fourth-order valence-electron chi connectivity index (χ4n) is 1.81. The Kier molecular flexibility index (Phi) is 4.40. The Balaban J connectivity index is 2.00. The van der Waals surface area contributed by atoms with Crippen LogP contribution in [0.4, 0.5) is 0 Å². The van der Waals surface area contributed by atoms with Crippen molar-refractivity contribution in [3.8, 4) is 5.75 Å². The van der Waals surface area contributed by atoms with Crippen molar-refractivity contribution >= 4 is 17.9 Å². The molecule has 1 heterocycles. The van der Waals surface area contributed by atoms with Crippen molar-refractivity contribution in [1.29, 1.82) is 0 Å². The summed E-state index contributed by atoms with van der Waals surface area (Å²) in [4.78, 5) is 10.3. The van der Waals surface area contributed by atoms with Crippen LogP contribution in [0.25, 0.3) is 0 Å². The molecule has 0 radical (unpaired) electrons. The van der Waals surface area contributed by atoms with Crippen molar-refractivity contribution < 1.29 is 14.3 Å². The number of ether oxygens (including phenoxy) is 2. The summed E-state index contributed by atoms with van der Waals surface area (Å²) in [6.07, 6.45) is 3.16. The number of hydrogen-bond acceptors (Lipinski definition) is 3. The molecule has 1 aliphatic heterocycles. The highest BCUT2D eigenvalue weighted by Gasteiger charge is 2.18. The van der Waals surface area contributed by atoms with Crippen molar-refractivity contribution in [1.82, 2.24) is 0 Å². The third-order valence-corrected chi connectivity index (χ3v) is 3.02.